The number of hydrogen-bond acceptors (Lipinski definition) is 4. The van der Waals surface area contributed by atoms with Gasteiger partial charge >= 0.3 is 0 Å². The number of nitrogens with one attached hydrogen (secondary N) is 2. The van der Waals surface area contributed by atoms with Crippen LogP contribution in [-0.2, 0) is 14.6 Å². The molecule has 5 nitrogen and oxygen atoms in total. The molecule has 2 aromatic carbocycles. The van der Waals surface area contributed by atoms with Gasteiger partial charge in [0.05, 0.1) is 11.4 Å². The number of rotatable bonds is 7. The predicted octanol–water partition coefficient (Wildman–Crippen LogP) is 3.08. The zero-order valence-electron chi connectivity index (χ0n) is 15.0. The molecule has 0 aliphatic heterocycles. The van der Waals surface area contributed by atoms with Crippen molar-refractivity contribution in [1.82, 2.24) is 5.32 Å². The second-order valence-corrected chi connectivity index (χ2v) is 8.97. The average Bonchev–Trinajstić information content (AvgIpc) is 3.41. The third kappa shape index (κ3) is 4.93. The molecule has 0 saturated heterocycles. The molecular formula is C20H24N2O3S. The molecule has 0 aromatic heterocycles. The molecule has 0 heterocycles. The van der Waals surface area contributed by atoms with Crippen LogP contribution in [0.5, 0.6) is 0 Å². The lowest BCUT2D eigenvalue weighted by atomic mass is 10.0. The van der Waals surface area contributed by atoms with Crippen LogP contribution in [-0.4, -0.2) is 27.1 Å². The first-order valence-corrected chi connectivity index (χ1v) is 10.6. The van der Waals surface area contributed by atoms with E-state index >= 15 is 0 Å². The highest BCUT2D eigenvalue weighted by Crippen LogP contribution is 2.40. The highest BCUT2D eigenvalue weighted by atomic mass is 32.2. The zero-order valence-corrected chi connectivity index (χ0v) is 15.8. The Balaban J connectivity index is 1.62. The van der Waals surface area contributed by atoms with E-state index in [-0.39, 0.29) is 23.4 Å². The Kier molecular flexibility index (Phi) is 5.44. The van der Waals surface area contributed by atoms with Crippen LogP contribution in [0.1, 0.15) is 30.0 Å². The largest absolute Gasteiger partial charge is 0.325 e. The van der Waals surface area contributed by atoms with Crippen molar-refractivity contribution in [3.63, 3.8) is 0 Å². The van der Waals surface area contributed by atoms with Crippen LogP contribution in [0, 0.1) is 12.8 Å². The number of carbonyl (C=O) groups excluding carboxylic acids is 1. The molecule has 2 aromatic rings. The van der Waals surface area contributed by atoms with E-state index in [0.717, 1.165) is 6.26 Å². The van der Waals surface area contributed by atoms with E-state index in [9.17, 15) is 13.2 Å². The van der Waals surface area contributed by atoms with Gasteiger partial charge < -0.3 is 10.6 Å². The van der Waals surface area contributed by atoms with E-state index in [0.29, 0.717) is 11.6 Å². The van der Waals surface area contributed by atoms with Gasteiger partial charge in [-0.25, -0.2) is 8.42 Å². The molecule has 3 rings (SSSR count). The van der Waals surface area contributed by atoms with Gasteiger partial charge in [-0.15, -0.1) is 0 Å². The Morgan fingerprint density at radius 3 is 2.46 bits per heavy atom. The van der Waals surface area contributed by atoms with Gasteiger partial charge in [-0.2, -0.15) is 0 Å². The number of aryl methyl sites for hydroxylation is 1. The van der Waals surface area contributed by atoms with Gasteiger partial charge in [0.2, 0.25) is 5.91 Å². The first-order chi connectivity index (χ1) is 12.3. The summed E-state index contributed by atoms with van der Waals surface area (Å²) < 4.78 is 23.2. The minimum absolute atomic E-state index is 0.170. The summed E-state index contributed by atoms with van der Waals surface area (Å²) in [4.78, 5) is 12.5. The van der Waals surface area contributed by atoms with Crippen molar-refractivity contribution in [2.45, 2.75) is 30.7 Å². The van der Waals surface area contributed by atoms with Crippen LogP contribution in [0.4, 0.5) is 5.69 Å². The SMILES string of the molecule is Cc1ccc(C(NCC(=O)Nc2cccc(S(C)(=O)=O)c2)C2CC2)cc1. The minimum Gasteiger partial charge on any atom is -0.325 e. The van der Waals surface area contributed by atoms with Gasteiger partial charge in [-0.3, -0.25) is 4.79 Å². The minimum atomic E-state index is -3.30. The maximum atomic E-state index is 12.3. The van der Waals surface area contributed by atoms with Crippen LogP contribution in [0.25, 0.3) is 0 Å². The monoisotopic (exact) mass is 372 g/mol. The van der Waals surface area contributed by atoms with Gasteiger partial charge in [-0.05, 0) is 49.4 Å². The topological polar surface area (TPSA) is 75.3 Å². The molecule has 138 valence electrons. The molecular weight excluding hydrogens is 348 g/mol. The summed E-state index contributed by atoms with van der Waals surface area (Å²) in [7, 11) is -3.30. The average molecular weight is 372 g/mol. The third-order valence-corrected chi connectivity index (χ3v) is 5.67. The van der Waals surface area contributed by atoms with Crippen molar-refractivity contribution in [1.29, 1.82) is 0 Å². The quantitative estimate of drug-likeness (QED) is 0.783. The van der Waals surface area contributed by atoms with Gasteiger partial charge in [0.1, 0.15) is 0 Å². The predicted molar refractivity (Wildman–Crippen MR) is 103 cm³/mol. The van der Waals surface area contributed by atoms with Crippen molar-refractivity contribution in [3.05, 3.63) is 59.7 Å². The highest BCUT2D eigenvalue weighted by Gasteiger charge is 2.32. The summed E-state index contributed by atoms with van der Waals surface area (Å²) in [6.07, 6.45) is 3.49. The first-order valence-electron chi connectivity index (χ1n) is 8.73. The summed E-state index contributed by atoms with van der Waals surface area (Å²) in [5, 5.41) is 6.12. The Morgan fingerprint density at radius 2 is 1.85 bits per heavy atom. The van der Waals surface area contributed by atoms with Crippen molar-refractivity contribution in [2.24, 2.45) is 5.92 Å². The molecule has 26 heavy (non-hydrogen) atoms. The Hall–Kier alpha value is -2.18. The molecule has 1 fully saturated rings. The maximum absolute atomic E-state index is 12.3. The van der Waals surface area contributed by atoms with Crippen LogP contribution in [0.2, 0.25) is 0 Å². The zero-order chi connectivity index (χ0) is 18.7. The van der Waals surface area contributed by atoms with Crippen LogP contribution >= 0.6 is 0 Å². The number of benzene rings is 2. The molecule has 1 aliphatic rings. The number of sulfone groups is 1. The number of carbonyl (C=O) groups is 1. The van der Waals surface area contributed by atoms with E-state index in [1.807, 2.05) is 0 Å². The summed E-state index contributed by atoms with van der Waals surface area (Å²) >= 11 is 0. The van der Waals surface area contributed by atoms with Crippen molar-refractivity contribution < 1.29 is 13.2 Å². The molecule has 1 aliphatic carbocycles. The molecule has 0 radical (unpaired) electrons. The summed E-state index contributed by atoms with van der Waals surface area (Å²) in [5.41, 5.74) is 2.90. The normalized spacial score (nSPS) is 15.5. The van der Waals surface area contributed by atoms with E-state index in [4.69, 9.17) is 0 Å². The van der Waals surface area contributed by atoms with Crippen LogP contribution < -0.4 is 10.6 Å². The van der Waals surface area contributed by atoms with Crippen molar-refractivity contribution >= 4 is 21.4 Å². The number of amides is 1. The van der Waals surface area contributed by atoms with E-state index in [1.165, 1.54) is 36.1 Å². The fourth-order valence-electron chi connectivity index (χ4n) is 2.97. The summed E-state index contributed by atoms with van der Waals surface area (Å²) in [6, 6.07) is 14.9. The van der Waals surface area contributed by atoms with Gasteiger partial charge in [-0.1, -0.05) is 35.9 Å². The van der Waals surface area contributed by atoms with E-state index < -0.39 is 9.84 Å². The smallest absolute Gasteiger partial charge is 0.238 e. The van der Waals surface area contributed by atoms with E-state index in [2.05, 4.69) is 41.8 Å². The standard InChI is InChI=1S/C20H24N2O3S/c1-14-6-8-15(9-7-14)20(16-10-11-16)21-13-19(23)22-17-4-3-5-18(12-17)26(2,24)25/h3-9,12,16,20-21H,10-11,13H2,1-2H3,(H,22,23). The number of anilines is 1. The molecule has 6 heteroatoms. The van der Waals surface area contributed by atoms with E-state index in [1.54, 1.807) is 12.1 Å². The van der Waals surface area contributed by atoms with Gasteiger partial charge in [0, 0.05) is 18.0 Å². The third-order valence-electron chi connectivity index (χ3n) is 4.56. The molecule has 1 atom stereocenters. The fourth-order valence-corrected chi connectivity index (χ4v) is 3.64. The highest BCUT2D eigenvalue weighted by molar-refractivity contribution is 7.90. The summed E-state index contributed by atoms with van der Waals surface area (Å²) in [5.74, 6) is 0.382. The second kappa shape index (κ2) is 7.60. The maximum Gasteiger partial charge on any atom is 0.238 e. The first kappa shape index (κ1) is 18.6. The molecule has 2 N–H and O–H groups in total. The van der Waals surface area contributed by atoms with Crippen molar-refractivity contribution in [3.8, 4) is 0 Å². The Labute approximate surface area is 154 Å². The van der Waals surface area contributed by atoms with Crippen molar-refractivity contribution in [2.75, 3.05) is 18.1 Å². The molecule has 1 unspecified atom stereocenters. The second-order valence-electron chi connectivity index (χ2n) is 6.95. The Bertz CT molecular complexity index is 888. The van der Waals surface area contributed by atoms with Gasteiger partial charge in [0.15, 0.2) is 9.84 Å². The molecule has 0 bridgehead atoms. The van der Waals surface area contributed by atoms with Crippen LogP contribution in [0.15, 0.2) is 53.4 Å². The summed E-state index contributed by atoms with van der Waals surface area (Å²) in [6.45, 7) is 2.24. The molecule has 0 spiro atoms. The van der Waals surface area contributed by atoms with Gasteiger partial charge in [0.25, 0.3) is 0 Å². The molecule has 1 saturated carbocycles. The lowest BCUT2D eigenvalue weighted by Gasteiger charge is -2.19. The van der Waals surface area contributed by atoms with Crippen LogP contribution in [0.3, 0.4) is 0 Å². The lowest BCUT2D eigenvalue weighted by Crippen LogP contribution is -2.32. The Morgan fingerprint density at radius 1 is 1.15 bits per heavy atom. The number of hydrogen-bond donors (Lipinski definition) is 2. The lowest BCUT2D eigenvalue weighted by molar-refractivity contribution is -0.115. The molecule has 1 amide bonds. The fraction of sp³-hybridized carbons (Fsp3) is 0.350.